The first kappa shape index (κ1) is 14.0. The van der Waals surface area contributed by atoms with E-state index in [2.05, 4.69) is 0 Å². The van der Waals surface area contributed by atoms with E-state index in [1.807, 2.05) is 6.92 Å². The van der Waals surface area contributed by atoms with Crippen LogP contribution in [-0.2, 0) is 4.79 Å². The number of aromatic carboxylic acids is 1. The van der Waals surface area contributed by atoms with Crippen LogP contribution in [0.15, 0.2) is 18.2 Å². The van der Waals surface area contributed by atoms with Gasteiger partial charge in [-0.15, -0.1) is 0 Å². The fourth-order valence-electron chi connectivity index (χ4n) is 1.28. The Bertz CT molecular complexity index is 439. The van der Waals surface area contributed by atoms with Crippen molar-refractivity contribution in [3.8, 4) is 11.5 Å². The Labute approximate surface area is 105 Å². The molecule has 0 radical (unpaired) electrons. The maximum atomic E-state index is 11.1. The normalized spacial score (nSPS) is 9.89. The first-order valence-electron chi connectivity index (χ1n) is 5.79. The number of benzene rings is 1. The third-order valence-corrected chi connectivity index (χ3v) is 2.17. The van der Waals surface area contributed by atoms with Crippen molar-refractivity contribution in [1.82, 2.24) is 0 Å². The summed E-state index contributed by atoms with van der Waals surface area (Å²) in [6, 6.07) is 4.23. The number of hydrogen-bond donors (Lipinski definition) is 1. The monoisotopic (exact) mass is 252 g/mol. The van der Waals surface area contributed by atoms with Crippen LogP contribution in [0.1, 0.15) is 37.0 Å². The first-order valence-corrected chi connectivity index (χ1v) is 5.79. The van der Waals surface area contributed by atoms with Crippen LogP contribution in [-0.4, -0.2) is 23.7 Å². The van der Waals surface area contributed by atoms with Crippen molar-refractivity contribution in [2.45, 2.75) is 26.7 Å². The average Bonchev–Trinajstić information content (AvgIpc) is 2.36. The second-order valence-electron chi connectivity index (χ2n) is 3.64. The Morgan fingerprint density at radius 3 is 2.56 bits per heavy atom. The fourth-order valence-corrected chi connectivity index (χ4v) is 1.28. The van der Waals surface area contributed by atoms with E-state index in [1.165, 1.54) is 18.2 Å². The molecule has 0 bridgehead atoms. The number of esters is 1. The molecule has 0 saturated heterocycles. The zero-order valence-corrected chi connectivity index (χ0v) is 10.4. The van der Waals surface area contributed by atoms with E-state index in [4.69, 9.17) is 14.6 Å². The van der Waals surface area contributed by atoms with Gasteiger partial charge in [-0.05, 0) is 18.6 Å². The largest absolute Gasteiger partial charge is 0.493 e. The highest BCUT2D eigenvalue weighted by Crippen LogP contribution is 2.25. The second kappa shape index (κ2) is 6.64. The highest BCUT2D eigenvalue weighted by Gasteiger charge is 2.13. The van der Waals surface area contributed by atoms with Gasteiger partial charge in [0, 0.05) is 12.5 Å². The number of ether oxygens (including phenoxy) is 2. The lowest BCUT2D eigenvalue weighted by Gasteiger charge is -2.10. The summed E-state index contributed by atoms with van der Waals surface area (Å²) in [5, 5.41) is 9.00. The molecule has 0 aliphatic heterocycles. The van der Waals surface area contributed by atoms with E-state index in [0.717, 1.165) is 6.42 Å². The number of carbonyl (C=O) groups is 2. The van der Waals surface area contributed by atoms with E-state index in [1.54, 1.807) is 6.92 Å². The van der Waals surface area contributed by atoms with Crippen molar-refractivity contribution in [3.05, 3.63) is 23.8 Å². The van der Waals surface area contributed by atoms with Crippen LogP contribution in [0, 0.1) is 0 Å². The molecule has 0 spiro atoms. The molecular formula is C13H16O5. The molecule has 18 heavy (non-hydrogen) atoms. The molecule has 98 valence electrons. The van der Waals surface area contributed by atoms with E-state index < -0.39 is 5.97 Å². The number of carbonyl (C=O) groups excluding carboxylic acids is 1. The van der Waals surface area contributed by atoms with Crippen LogP contribution in [0.5, 0.6) is 11.5 Å². The third-order valence-electron chi connectivity index (χ3n) is 2.17. The molecule has 0 heterocycles. The Morgan fingerprint density at radius 2 is 2.00 bits per heavy atom. The van der Waals surface area contributed by atoms with Crippen LogP contribution < -0.4 is 9.47 Å². The zero-order valence-electron chi connectivity index (χ0n) is 10.4. The molecule has 0 atom stereocenters. The molecule has 0 unspecified atom stereocenters. The van der Waals surface area contributed by atoms with E-state index in [-0.39, 0.29) is 29.5 Å². The summed E-state index contributed by atoms with van der Waals surface area (Å²) < 4.78 is 10.3. The molecule has 1 aromatic carbocycles. The summed E-state index contributed by atoms with van der Waals surface area (Å²) in [5.74, 6) is -0.947. The fraction of sp³-hybridized carbons (Fsp3) is 0.385. The van der Waals surface area contributed by atoms with Gasteiger partial charge in [0.1, 0.15) is 17.1 Å². The standard InChI is InChI=1S/C13H16O5/c1-3-7-17-11-8-9(18-12(14)4-2)5-6-10(11)13(15)16/h5-6,8H,3-4,7H2,1-2H3,(H,15,16). The van der Waals surface area contributed by atoms with Crippen molar-refractivity contribution in [2.75, 3.05) is 6.61 Å². The molecule has 5 nitrogen and oxygen atoms in total. The molecule has 0 aliphatic rings. The van der Waals surface area contributed by atoms with Crippen LogP contribution in [0.4, 0.5) is 0 Å². The summed E-state index contributed by atoms with van der Waals surface area (Å²) in [5.41, 5.74) is 0.0553. The lowest BCUT2D eigenvalue weighted by Crippen LogP contribution is -2.08. The number of carboxylic acids is 1. The molecule has 0 aromatic heterocycles. The molecule has 0 fully saturated rings. The van der Waals surface area contributed by atoms with Crippen molar-refractivity contribution >= 4 is 11.9 Å². The number of carboxylic acid groups (broad SMARTS) is 1. The number of hydrogen-bond acceptors (Lipinski definition) is 4. The molecule has 1 aromatic rings. The minimum Gasteiger partial charge on any atom is -0.493 e. The van der Waals surface area contributed by atoms with Gasteiger partial charge in [0.2, 0.25) is 0 Å². The summed E-state index contributed by atoms with van der Waals surface area (Å²) in [6.07, 6.45) is 1.02. The van der Waals surface area contributed by atoms with Gasteiger partial charge in [0.15, 0.2) is 0 Å². The Hall–Kier alpha value is -2.04. The molecule has 0 aliphatic carbocycles. The SMILES string of the molecule is CCCOc1cc(OC(=O)CC)ccc1C(=O)O. The predicted molar refractivity (Wildman–Crippen MR) is 65.1 cm³/mol. The third kappa shape index (κ3) is 3.76. The smallest absolute Gasteiger partial charge is 0.339 e. The van der Waals surface area contributed by atoms with Gasteiger partial charge in [-0.25, -0.2) is 4.79 Å². The van der Waals surface area contributed by atoms with Crippen molar-refractivity contribution < 1.29 is 24.2 Å². The van der Waals surface area contributed by atoms with E-state index >= 15 is 0 Å². The minimum absolute atomic E-state index is 0.0553. The highest BCUT2D eigenvalue weighted by molar-refractivity contribution is 5.91. The van der Waals surface area contributed by atoms with Crippen molar-refractivity contribution in [3.63, 3.8) is 0 Å². The quantitative estimate of drug-likeness (QED) is 0.622. The summed E-state index contributed by atoms with van der Waals surface area (Å²) in [4.78, 5) is 22.1. The summed E-state index contributed by atoms with van der Waals surface area (Å²) >= 11 is 0. The zero-order chi connectivity index (χ0) is 13.5. The molecule has 1 N–H and O–H groups in total. The van der Waals surface area contributed by atoms with Gasteiger partial charge in [-0.2, -0.15) is 0 Å². The molecule has 5 heteroatoms. The molecule has 0 amide bonds. The van der Waals surface area contributed by atoms with Gasteiger partial charge in [0.05, 0.1) is 6.61 Å². The van der Waals surface area contributed by atoms with Crippen LogP contribution in [0.3, 0.4) is 0 Å². The van der Waals surface area contributed by atoms with E-state index in [9.17, 15) is 9.59 Å². The van der Waals surface area contributed by atoms with Gasteiger partial charge < -0.3 is 14.6 Å². The first-order chi connectivity index (χ1) is 8.58. The maximum Gasteiger partial charge on any atom is 0.339 e. The summed E-state index contributed by atoms with van der Waals surface area (Å²) in [6.45, 7) is 4.01. The van der Waals surface area contributed by atoms with Gasteiger partial charge in [0.25, 0.3) is 0 Å². The van der Waals surface area contributed by atoms with Crippen LogP contribution in [0.2, 0.25) is 0 Å². The molecule has 1 rings (SSSR count). The maximum absolute atomic E-state index is 11.1. The highest BCUT2D eigenvalue weighted by atomic mass is 16.5. The van der Waals surface area contributed by atoms with Crippen LogP contribution >= 0.6 is 0 Å². The molecular weight excluding hydrogens is 236 g/mol. The topological polar surface area (TPSA) is 72.8 Å². The van der Waals surface area contributed by atoms with Gasteiger partial charge >= 0.3 is 11.9 Å². The van der Waals surface area contributed by atoms with Crippen molar-refractivity contribution in [2.24, 2.45) is 0 Å². The Kier molecular flexibility index (Phi) is 5.17. The molecule has 0 saturated carbocycles. The second-order valence-corrected chi connectivity index (χ2v) is 3.64. The van der Waals surface area contributed by atoms with Gasteiger partial charge in [-0.1, -0.05) is 13.8 Å². The number of rotatable bonds is 6. The lowest BCUT2D eigenvalue weighted by molar-refractivity contribution is -0.134. The minimum atomic E-state index is -1.07. The van der Waals surface area contributed by atoms with Gasteiger partial charge in [-0.3, -0.25) is 4.79 Å². The predicted octanol–water partition coefficient (Wildman–Crippen LogP) is 2.49. The lowest BCUT2D eigenvalue weighted by atomic mass is 10.2. The van der Waals surface area contributed by atoms with Crippen LogP contribution in [0.25, 0.3) is 0 Å². The van der Waals surface area contributed by atoms with Crippen molar-refractivity contribution in [1.29, 1.82) is 0 Å². The Balaban J connectivity index is 2.96. The summed E-state index contributed by atoms with van der Waals surface area (Å²) in [7, 11) is 0. The Morgan fingerprint density at radius 1 is 1.28 bits per heavy atom. The van der Waals surface area contributed by atoms with E-state index in [0.29, 0.717) is 6.61 Å². The average molecular weight is 252 g/mol.